The van der Waals surface area contributed by atoms with Crippen LogP contribution in [-0.4, -0.2) is 19.3 Å². The van der Waals surface area contributed by atoms with Crippen LogP contribution >= 0.6 is 0 Å². The summed E-state index contributed by atoms with van der Waals surface area (Å²) in [5, 5.41) is 9.59. The fraction of sp³-hybridized carbons (Fsp3) is 0.455. The maximum absolute atomic E-state index is 13.6. The third-order valence-corrected chi connectivity index (χ3v) is 2.15. The van der Waals surface area contributed by atoms with Crippen molar-refractivity contribution in [1.29, 1.82) is 0 Å². The molecule has 0 radical (unpaired) electrons. The molecular formula is C11H15FO3. The molecule has 1 rings (SSSR count). The number of benzene rings is 1. The van der Waals surface area contributed by atoms with Gasteiger partial charge in [-0.15, -0.1) is 0 Å². The van der Waals surface area contributed by atoms with Gasteiger partial charge in [0.2, 0.25) is 5.75 Å². The van der Waals surface area contributed by atoms with Gasteiger partial charge < -0.3 is 14.6 Å². The summed E-state index contributed by atoms with van der Waals surface area (Å²) in [6.45, 7) is 2.82. The van der Waals surface area contributed by atoms with E-state index in [2.05, 4.69) is 0 Å². The van der Waals surface area contributed by atoms with Gasteiger partial charge in [-0.05, 0) is 31.5 Å². The number of phenolic OH excluding ortho intramolecular Hbond substituents is 1. The average Bonchev–Trinajstić information content (AvgIpc) is 2.15. The SMILES string of the molecule is COc1cc(C(C)(C)F)cc(O)c1OC. The standard InChI is InChI=1S/C11H15FO3/c1-11(2,12)7-5-8(13)10(15-4)9(6-7)14-3/h5-6,13H,1-4H3. The van der Waals surface area contributed by atoms with Gasteiger partial charge >= 0.3 is 0 Å². The summed E-state index contributed by atoms with van der Waals surface area (Å²) < 4.78 is 23.6. The first-order chi connectivity index (χ1) is 6.90. The molecule has 0 heterocycles. The minimum atomic E-state index is -1.53. The van der Waals surface area contributed by atoms with E-state index < -0.39 is 5.67 Å². The maximum Gasteiger partial charge on any atom is 0.203 e. The molecule has 1 aromatic carbocycles. The third-order valence-electron chi connectivity index (χ3n) is 2.15. The molecule has 4 heteroatoms. The molecule has 1 N–H and O–H groups in total. The van der Waals surface area contributed by atoms with Gasteiger partial charge in [0.25, 0.3) is 0 Å². The lowest BCUT2D eigenvalue weighted by Crippen LogP contribution is -2.09. The monoisotopic (exact) mass is 214 g/mol. The van der Waals surface area contributed by atoms with Gasteiger partial charge in [-0.2, -0.15) is 0 Å². The number of methoxy groups -OCH3 is 2. The molecule has 0 saturated carbocycles. The molecule has 0 fully saturated rings. The van der Waals surface area contributed by atoms with Gasteiger partial charge in [-0.25, -0.2) is 4.39 Å². The van der Waals surface area contributed by atoms with Crippen molar-refractivity contribution in [1.82, 2.24) is 0 Å². The normalized spacial score (nSPS) is 11.3. The van der Waals surface area contributed by atoms with E-state index in [1.165, 1.54) is 40.2 Å². The Morgan fingerprint density at radius 3 is 2.20 bits per heavy atom. The number of alkyl halides is 1. The minimum Gasteiger partial charge on any atom is -0.504 e. The molecule has 15 heavy (non-hydrogen) atoms. The van der Waals surface area contributed by atoms with Gasteiger partial charge in [0.1, 0.15) is 5.67 Å². The van der Waals surface area contributed by atoms with Crippen molar-refractivity contribution in [2.75, 3.05) is 14.2 Å². The van der Waals surface area contributed by atoms with Crippen LogP contribution in [0.15, 0.2) is 12.1 Å². The Balaban J connectivity index is 3.32. The van der Waals surface area contributed by atoms with Crippen molar-refractivity contribution in [2.24, 2.45) is 0 Å². The maximum atomic E-state index is 13.6. The van der Waals surface area contributed by atoms with Crippen molar-refractivity contribution < 1.29 is 19.0 Å². The fourth-order valence-electron chi connectivity index (χ4n) is 1.29. The Morgan fingerprint density at radius 2 is 1.80 bits per heavy atom. The lowest BCUT2D eigenvalue weighted by Gasteiger charge is -2.18. The molecule has 84 valence electrons. The molecule has 1 aromatic rings. The van der Waals surface area contributed by atoms with Crippen LogP contribution in [0, 0.1) is 0 Å². The number of rotatable bonds is 3. The molecule has 0 atom stereocenters. The van der Waals surface area contributed by atoms with Crippen LogP contribution < -0.4 is 9.47 Å². The third kappa shape index (κ3) is 2.32. The zero-order valence-corrected chi connectivity index (χ0v) is 9.30. The van der Waals surface area contributed by atoms with Gasteiger partial charge in [-0.3, -0.25) is 0 Å². The molecule has 0 aliphatic heterocycles. The predicted octanol–water partition coefficient (Wildman–Crippen LogP) is 2.61. The molecule has 0 bridgehead atoms. The highest BCUT2D eigenvalue weighted by Gasteiger charge is 2.23. The Kier molecular flexibility index (Phi) is 3.07. The van der Waals surface area contributed by atoms with Crippen LogP contribution in [0.4, 0.5) is 4.39 Å². The van der Waals surface area contributed by atoms with E-state index in [9.17, 15) is 9.50 Å². The number of hydrogen-bond acceptors (Lipinski definition) is 3. The average molecular weight is 214 g/mol. The Bertz CT molecular complexity index is 356. The van der Waals surface area contributed by atoms with Crippen LogP contribution in [0.25, 0.3) is 0 Å². The van der Waals surface area contributed by atoms with Crippen LogP contribution in [0.3, 0.4) is 0 Å². The quantitative estimate of drug-likeness (QED) is 0.840. The fourth-order valence-corrected chi connectivity index (χ4v) is 1.29. The summed E-state index contributed by atoms with van der Waals surface area (Å²) in [5.41, 5.74) is -1.19. The number of phenols is 1. The highest BCUT2D eigenvalue weighted by molar-refractivity contribution is 5.53. The molecule has 0 aliphatic carbocycles. The second kappa shape index (κ2) is 3.96. The molecule has 3 nitrogen and oxygen atoms in total. The second-order valence-electron chi connectivity index (χ2n) is 3.70. The van der Waals surface area contributed by atoms with Crippen molar-refractivity contribution in [2.45, 2.75) is 19.5 Å². The lowest BCUT2D eigenvalue weighted by molar-refractivity contribution is 0.219. The zero-order valence-electron chi connectivity index (χ0n) is 9.30. The second-order valence-corrected chi connectivity index (χ2v) is 3.70. The molecule has 0 aromatic heterocycles. The number of halogens is 1. The highest BCUT2D eigenvalue weighted by atomic mass is 19.1. The van der Waals surface area contributed by atoms with Crippen molar-refractivity contribution in [3.63, 3.8) is 0 Å². The molecule has 0 amide bonds. The van der Waals surface area contributed by atoms with Gasteiger partial charge in [-0.1, -0.05) is 0 Å². The molecular weight excluding hydrogens is 199 g/mol. The number of ether oxygens (including phenoxy) is 2. The van der Waals surface area contributed by atoms with Gasteiger partial charge in [0, 0.05) is 0 Å². The van der Waals surface area contributed by atoms with Crippen LogP contribution in [0.5, 0.6) is 17.2 Å². The van der Waals surface area contributed by atoms with Crippen LogP contribution in [0.1, 0.15) is 19.4 Å². The lowest BCUT2D eigenvalue weighted by atomic mass is 9.99. The topological polar surface area (TPSA) is 38.7 Å². The van der Waals surface area contributed by atoms with Crippen molar-refractivity contribution in [3.8, 4) is 17.2 Å². The first-order valence-electron chi connectivity index (χ1n) is 4.54. The largest absolute Gasteiger partial charge is 0.504 e. The van der Waals surface area contributed by atoms with Crippen molar-refractivity contribution in [3.05, 3.63) is 17.7 Å². The number of aromatic hydroxyl groups is 1. The highest BCUT2D eigenvalue weighted by Crippen LogP contribution is 2.40. The smallest absolute Gasteiger partial charge is 0.203 e. The van der Waals surface area contributed by atoms with E-state index >= 15 is 0 Å². The summed E-state index contributed by atoms with van der Waals surface area (Å²) in [6, 6.07) is 2.85. The van der Waals surface area contributed by atoms with E-state index in [1.807, 2.05) is 0 Å². The zero-order chi connectivity index (χ0) is 11.6. The first-order valence-corrected chi connectivity index (χ1v) is 4.54. The van der Waals surface area contributed by atoms with Gasteiger partial charge in [0.15, 0.2) is 11.5 Å². The number of hydrogen-bond donors (Lipinski definition) is 1. The Morgan fingerprint density at radius 1 is 1.20 bits per heavy atom. The van der Waals surface area contributed by atoms with E-state index in [0.29, 0.717) is 11.3 Å². The molecule has 0 aliphatic rings. The molecule has 0 spiro atoms. The summed E-state index contributed by atoms with van der Waals surface area (Å²) >= 11 is 0. The summed E-state index contributed by atoms with van der Waals surface area (Å²) in [4.78, 5) is 0. The molecule has 0 saturated heterocycles. The first kappa shape index (κ1) is 11.6. The predicted molar refractivity (Wildman–Crippen MR) is 55.3 cm³/mol. The van der Waals surface area contributed by atoms with Crippen LogP contribution in [-0.2, 0) is 5.67 Å². The Hall–Kier alpha value is -1.45. The summed E-state index contributed by atoms with van der Waals surface area (Å²) in [5.74, 6) is 0.404. The Labute approximate surface area is 88.4 Å². The van der Waals surface area contributed by atoms with E-state index in [0.717, 1.165) is 0 Å². The van der Waals surface area contributed by atoms with Gasteiger partial charge in [0.05, 0.1) is 14.2 Å². The summed E-state index contributed by atoms with van der Waals surface area (Å²) in [6.07, 6.45) is 0. The van der Waals surface area contributed by atoms with Crippen LogP contribution in [0.2, 0.25) is 0 Å². The molecule has 0 unspecified atom stereocenters. The van der Waals surface area contributed by atoms with E-state index in [1.54, 1.807) is 0 Å². The summed E-state index contributed by atoms with van der Waals surface area (Å²) in [7, 11) is 2.85. The van der Waals surface area contributed by atoms with E-state index in [4.69, 9.17) is 9.47 Å². The van der Waals surface area contributed by atoms with E-state index in [-0.39, 0.29) is 11.5 Å². The minimum absolute atomic E-state index is 0.127. The van der Waals surface area contributed by atoms with Crippen molar-refractivity contribution >= 4 is 0 Å².